The van der Waals surface area contributed by atoms with Crippen LogP contribution in [0.2, 0.25) is 0 Å². The number of morpholine rings is 1. The lowest BCUT2D eigenvalue weighted by atomic mass is 9.94. The second-order valence-electron chi connectivity index (χ2n) is 7.58. The number of benzene rings is 1. The van der Waals surface area contributed by atoms with Crippen LogP contribution in [0.5, 0.6) is 0 Å². The molecular formula is C20H29N5O. The molecule has 0 aromatic heterocycles. The quantitative estimate of drug-likeness (QED) is 0.446. The molecule has 1 aromatic rings. The number of ether oxygens (including phenoxy) is 1. The van der Waals surface area contributed by atoms with Crippen LogP contribution in [0.4, 0.5) is 5.69 Å². The fourth-order valence-corrected chi connectivity index (χ4v) is 3.29. The van der Waals surface area contributed by atoms with Gasteiger partial charge in [-0.3, -0.25) is 10.8 Å². The molecule has 0 amide bonds. The molecule has 1 aromatic carbocycles. The van der Waals surface area contributed by atoms with Gasteiger partial charge in [-0.05, 0) is 42.4 Å². The molecule has 2 fully saturated rings. The minimum Gasteiger partial charge on any atom is -0.398 e. The molecule has 6 heteroatoms. The first kappa shape index (κ1) is 18.5. The molecule has 1 aliphatic heterocycles. The van der Waals surface area contributed by atoms with E-state index in [0.29, 0.717) is 29.9 Å². The van der Waals surface area contributed by atoms with Crippen molar-refractivity contribution >= 4 is 17.1 Å². The van der Waals surface area contributed by atoms with Gasteiger partial charge in [0.05, 0.1) is 24.6 Å². The number of nitrogen functional groups attached to an aromatic ring is 1. The summed E-state index contributed by atoms with van der Waals surface area (Å²) in [5, 5.41) is 20.0. The number of allylic oxidation sites excluding steroid dienone is 1. The molecule has 5 N–H and O–H groups in total. The highest BCUT2D eigenvalue weighted by Gasteiger charge is 2.37. The van der Waals surface area contributed by atoms with Crippen molar-refractivity contribution in [2.24, 2.45) is 5.41 Å². The van der Waals surface area contributed by atoms with Gasteiger partial charge in [0.1, 0.15) is 5.82 Å². The van der Waals surface area contributed by atoms with Gasteiger partial charge in [0, 0.05) is 37.5 Å². The van der Waals surface area contributed by atoms with E-state index in [1.165, 1.54) is 18.4 Å². The largest absolute Gasteiger partial charge is 0.398 e. The van der Waals surface area contributed by atoms with Crippen molar-refractivity contribution in [2.45, 2.75) is 26.2 Å². The molecule has 3 rings (SSSR count). The molecular weight excluding hydrogens is 326 g/mol. The minimum absolute atomic E-state index is 0.155. The van der Waals surface area contributed by atoms with Crippen molar-refractivity contribution in [3.8, 4) is 0 Å². The second-order valence-corrected chi connectivity index (χ2v) is 7.58. The van der Waals surface area contributed by atoms with Crippen LogP contribution in [0.15, 0.2) is 30.1 Å². The Hall–Kier alpha value is -2.34. The second kappa shape index (κ2) is 7.50. The van der Waals surface area contributed by atoms with Gasteiger partial charge >= 0.3 is 0 Å². The summed E-state index contributed by atoms with van der Waals surface area (Å²) in [5.41, 5.74) is 9.22. The van der Waals surface area contributed by atoms with E-state index in [4.69, 9.17) is 21.3 Å². The average Bonchev–Trinajstić information content (AvgIpc) is 3.38. The van der Waals surface area contributed by atoms with E-state index in [2.05, 4.69) is 17.1 Å². The molecule has 0 radical (unpaired) electrons. The van der Waals surface area contributed by atoms with Gasteiger partial charge < -0.3 is 20.7 Å². The molecule has 0 bridgehead atoms. The Kier molecular flexibility index (Phi) is 5.32. The molecule has 26 heavy (non-hydrogen) atoms. The Balaban J connectivity index is 1.77. The topological polar surface area (TPSA) is 98.2 Å². The summed E-state index contributed by atoms with van der Waals surface area (Å²) in [6, 6.07) is 5.89. The number of hydrogen-bond acceptors (Lipinski definition) is 6. The monoisotopic (exact) mass is 355 g/mol. The Morgan fingerprint density at radius 2 is 2.00 bits per heavy atom. The van der Waals surface area contributed by atoms with Crippen molar-refractivity contribution in [3.63, 3.8) is 0 Å². The van der Waals surface area contributed by atoms with Crippen molar-refractivity contribution < 1.29 is 4.74 Å². The number of rotatable bonds is 7. The SMILES string of the molecule is CN/C(=C\C(=N)C(=N)c1cc(CC2(C)CC2)ccc1N)N1CCOCC1. The summed E-state index contributed by atoms with van der Waals surface area (Å²) in [7, 11) is 1.84. The Morgan fingerprint density at radius 3 is 2.62 bits per heavy atom. The fourth-order valence-electron chi connectivity index (χ4n) is 3.29. The fraction of sp³-hybridized carbons (Fsp3) is 0.500. The lowest BCUT2D eigenvalue weighted by Gasteiger charge is -2.30. The third-order valence-corrected chi connectivity index (χ3v) is 5.28. The van der Waals surface area contributed by atoms with Crippen LogP contribution < -0.4 is 11.1 Å². The van der Waals surface area contributed by atoms with Crippen LogP contribution in [-0.2, 0) is 11.2 Å². The van der Waals surface area contributed by atoms with Crippen LogP contribution in [0.1, 0.15) is 30.9 Å². The summed E-state index contributed by atoms with van der Waals surface area (Å²) in [5.74, 6) is 0.836. The number of nitrogens with zero attached hydrogens (tertiary/aromatic N) is 1. The number of nitrogens with two attached hydrogens (primary N) is 1. The first-order valence-electron chi connectivity index (χ1n) is 9.20. The lowest BCUT2D eigenvalue weighted by Crippen LogP contribution is -2.40. The Labute approximate surface area is 155 Å². The molecule has 0 unspecified atom stereocenters. The normalized spacial score (nSPS) is 19.2. The van der Waals surface area contributed by atoms with E-state index in [-0.39, 0.29) is 11.4 Å². The summed E-state index contributed by atoms with van der Waals surface area (Å²) in [6.07, 6.45) is 5.23. The van der Waals surface area contributed by atoms with Crippen molar-refractivity contribution in [3.05, 3.63) is 41.2 Å². The van der Waals surface area contributed by atoms with Gasteiger partial charge in [0.15, 0.2) is 0 Å². The highest BCUT2D eigenvalue weighted by Crippen LogP contribution is 2.47. The standard InChI is InChI=1S/C20H29N5O/c1-20(5-6-20)13-14-3-4-16(21)15(11-14)19(23)17(22)12-18(24-2)25-7-9-26-10-8-25/h3-4,11-12,22-24H,5-10,13,21H2,1-2H3/b18-12+,22-17?,23-19?. The van der Waals surface area contributed by atoms with Gasteiger partial charge in [-0.1, -0.05) is 13.0 Å². The number of hydrogen-bond donors (Lipinski definition) is 4. The zero-order valence-electron chi connectivity index (χ0n) is 15.7. The zero-order chi connectivity index (χ0) is 18.7. The number of nitrogens with one attached hydrogen (secondary N) is 3. The van der Waals surface area contributed by atoms with Gasteiger partial charge in [-0.25, -0.2) is 0 Å². The molecule has 0 atom stereocenters. The first-order valence-corrected chi connectivity index (χ1v) is 9.20. The molecule has 1 heterocycles. The predicted molar refractivity (Wildman–Crippen MR) is 106 cm³/mol. The van der Waals surface area contributed by atoms with Crippen molar-refractivity contribution in [2.75, 3.05) is 39.1 Å². The number of anilines is 1. The molecule has 1 aliphatic carbocycles. The van der Waals surface area contributed by atoms with Gasteiger partial charge in [0.2, 0.25) is 0 Å². The third kappa shape index (κ3) is 4.25. The third-order valence-electron chi connectivity index (χ3n) is 5.28. The van der Waals surface area contributed by atoms with Crippen LogP contribution >= 0.6 is 0 Å². The van der Waals surface area contributed by atoms with E-state index < -0.39 is 0 Å². The molecule has 140 valence electrons. The van der Waals surface area contributed by atoms with Gasteiger partial charge in [0.25, 0.3) is 0 Å². The summed E-state index contributed by atoms with van der Waals surface area (Å²) in [4.78, 5) is 2.14. The first-order chi connectivity index (χ1) is 12.4. The van der Waals surface area contributed by atoms with Crippen molar-refractivity contribution in [1.82, 2.24) is 10.2 Å². The highest BCUT2D eigenvalue weighted by atomic mass is 16.5. The molecule has 2 aliphatic rings. The smallest absolute Gasteiger partial charge is 0.103 e. The van der Waals surface area contributed by atoms with E-state index in [9.17, 15) is 0 Å². The van der Waals surface area contributed by atoms with E-state index in [1.807, 2.05) is 25.2 Å². The average molecular weight is 355 g/mol. The zero-order valence-corrected chi connectivity index (χ0v) is 15.7. The lowest BCUT2D eigenvalue weighted by molar-refractivity contribution is 0.0510. The predicted octanol–water partition coefficient (Wildman–Crippen LogP) is 2.39. The maximum atomic E-state index is 8.48. The highest BCUT2D eigenvalue weighted by molar-refractivity contribution is 6.50. The van der Waals surface area contributed by atoms with E-state index >= 15 is 0 Å². The van der Waals surface area contributed by atoms with Crippen LogP contribution in [0, 0.1) is 16.2 Å². The van der Waals surface area contributed by atoms with Crippen LogP contribution in [-0.4, -0.2) is 49.7 Å². The van der Waals surface area contributed by atoms with Crippen LogP contribution in [0.3, 0.4) is 0 Å². The maximum absolute atomic E-state index is 8.48. The van der Waals surface area contributed by atoms with E-state index in [1.54, 1.807) is 6.08 Å². The minimum atomic E-state index is 0.155. The van der Waals surface area contributed by atoms with Gasteiger partial charge in [-0.2, -0.15) is 0 Å². The molecule has 0 spiro atoms. The summed E-state index contributed by atoms with van der Waals surface area (Å²) in [6.45, 7) is 5.21. The van der Waals surface area contributed by atoms with E-state index in [0.717, 1.165) is 25.3 Å². The summed E-state index contributed by atoms with van der Waals surface area (Å²) >= 11 is 0. The Bertz CT molecular complexity index is 730. The molecule has 6 nitrogen and oxygen atoms in total. The van der Waals surface area contributed by atoms with Crippen molar-refractivity contribution in [1.29, 1.82) is 10.8 Å². The van der Waals surface area contributed by atoms with Crippen LogP contribution in [0.25, 0.3) is 0 Å². The Morgan fingerprint density at radius 1 is 1.31 bits per heavy atom. The summed E-state index contributed by atoms with van der Waals surface area (Å²) < 4.78 is 5.38. The molecule has 1 saturated carbocycles. The van der Waals surface area contributed by atoms with Gasteiger partial charge in [-0.15, -0.1) is 0 Å². The molecule has 1 saturated heterocycles. The maximum Gasteiger partial charge on any atom is 0.103 e.